The molecule has 0 aliphatic carbocycles. The maximum absolute atomic E-state index is 11.4. The lowest BCUT2D eigenvalue weighted by atomic mass is 10.2. The van der Waals surface area contributed by atoms with E-state index in [-0.39, 0.29) is 18.3 Å². The summed E-state index contributed by atoms with van der Waals surface area (Å²) in [5, 5.41) is 10.5. The monoisotopic (exact) mass is 231 g/mol. The van der Waals surface area contributed by atoms with E-state index in [1.807, 2.05) is 21.1 Å². The van der Waals surface area contributed by atoms with Crippen LogP contribution >= 0.6 is 0 Å². The van der Waals surface area contributed by atoms with Gasteiger partial charge in [0.1, 0.15) is 6.54 Å². The predicted molar refractivity (Wildman–Crippen MR) is 57.2 cm³/mol. The van der Waals surface area contributed by atoms with Crippen LogP contribution in [0, 0.1) is 5.92 Å². The highest BCUT2D eigenvalue weighted by Crippen LogP contribution is 2.07. The number of rotatable bonds is 6. The second kappa shape index (κ2) is 5.84. The minimum absolute atomic E-state index is 0.253. The minimum atomic E-state index is -1.20. The summed E-state index contributed by atoms with van der Waals surface area (Å²) in [4.78, 5) is 21.9. The first-order chi connectivity index (χ1) is 7.11. The molecule has 0 saturated carbocycles. The predicted octanol–water partition coefficient (Wildman–Crippen LogP) is -0.600. The number of nitrogens with zero attached hydrogens (tertiary/aromatic N) is 1. The smallest absolute Gasteiger partial charge is 0.308 e. The Hall–Kier alpha value is -1.10. The fraction of sp³-hybridized carbons (Fsp3) is 0.818. The number of carboxylic acid groups (broad SMARTS) is 1. The van der Waals surface area contributed by atoms with Crippen LogP contribution in [0.25, 0.3) is 0 Å². The molecule has 0 aliphatic rings. The molecule has 94 valence electrons. The van der Waals surface area contributed by atoms with Crippen LogP contribution in [0.4, 0.5) is 0 Å². The van der Waals surface area contributed by atoms with Gasteiger partial charge in [0.2, 0.25) is 0 Å². The summed E-state index contributed by atoms with van der Waals surface area (Å²) in [7, 11) is 5.72. The molecule has 0 fully saturated rings. The van der Waals surface area contributed by atoms with Crippen LogP contribution in [0.15, 0.2) is 0 Å². The number of likely N-dealkylation sites (N-methyl/N-ethyl adjacent to an activating group) is 1. The molecule has 0 amide bonds. The summed E-state index contributed by atoms with van der Waals surface area (Å²) in [5.74, 6) is -1.83. The van der Waals surface area contributed by atoms with Crippen LogP contribution in [0.1, 0.15) is 20.3 Å². The van der Waals surface area contributed by atoms with Crippen molar-refractivity contribution in [3.63, 3.8) is 0 Å². The molecule has 0 rings (SSSR count). The number of hydrogen-bond acceptors (Lipinski definition) is 4. The molecule has 0 aromatic carbocycles. The van der Waals surface area contributed by atoms with Crippen molar-refractivity contribution < 1.29 is 23.9 Å². The second-order valence-corrected chi connectivity index (χ2v) is 5.26. The zero-order chi connectivity index (χ0) is 12.9. The van der Waals surface area contributed by atoms with E-state index >= 15 is 0 Å². The summed E-state index contributed by atoms with van der Waals surface area (Å²) in [5.41, 5.74) is 0. The Labute approximate surface area is 96.6 Å². The van der Waals surface area contributed by atoms with Gasteiger partial charge in [0, 0.05) is 12.4 Å². The van der Waals surface area contributed by atoms with Gasteiger partial charge < -0.3 is 19.1 Å². The number of carbonyl (C=O) groups excluding carboxylic acids is 2. The number of hydrogen-bond donors (Lipinski definition) is 0. The quantitative estimate of drug-likeness (QED) is 0.452. The van der Waals surface area contributed by atoms with Crippen LogP contribution in [-0.2, 0) is 14.3 Å². The van der Waals surface area contributed by atoms with Gasteiger partial charge in [-0.05, 0) is 0 Å². The number of carboxylic acids is 1. The Bertz CT molecular complexity index is 255. The minimum Gasteiger partial charge on any atom is -0.550 e. The van der Waals surface area contributed by atoms with Gasteiger partial charge in [-0.15, -0.1) is 0 Å². The van der Waals surface area contributed by atoms with Crippen molar-refractivity contribution in [2.45, 2.75) is 26.4 Å². The van der Waals surface area contributed by atoms with Gasteiger partial charge in [-0.25, -0.2) is 0 Å². The summed E-state index contributed by atoms with van der Waals surface area (Å²) in [6, 6.07) is 0. The van der Waals surface area contributed by atoms with Gasteiger partial charge in [0.25, 0.3) is 0 Å². The molecule has 0 unspecified atom stereocenters. The first-order valence-corrected chi connectivity index (χ1v) is 5.32. The third kappa shape index (κ3) is 7.23. The van der Waals surface area contributed by atoms with Crippen molar-refractivity contribution in [1.82, 2.24) is 0 Å². The van der Waals surface area contributed by atoms with Crippen molar-refractivity contribution in [1.29, 1.82) is 0 Å². The van der Waals surface area contributed by atoms with Crippen molar-refractivity contribution in [3.8, 4) is 0 Å². The fourth-order valence-electron chi connectivity index (χ4n) is 1.24. The summed E-state index contributed by atoms with van der Waals surface area (Å²) >= 11 is 0. The molecule has 5 heteroatoms. The number of ether oxygens (including phenoxy) is 1. The zero-order valence-electron chi connectivity index (χ0n) is 10.6. The Morgan fingerprint density at radius 1 is 1.25 bits per heavy atom. The van der Waals surface area contributed by atoms with Crippen LogP contribution < -0.4 is 5.11 Å². The molecule has 1 atom stereocenters. The first-order valence-electron chi connectivity index (χ1n) is 5.32. The Morgan fingerprint density at radius 2 is 1.75 bits per heavy atom. The van der Waals surface area contributed by atoms with E-state index in [0.717, 1.165) is 0 Å². The molecule has 0 aromatic heterocycles. The van der Waals surface area contributed by atoms with E-state index in [9.17, 15) is 14.7 Å². The summed E-state index contributed by atoms with van der Waals surface area (Å²) in [6.45, 7) is 3.88. The molecule has 16 heavy (non-hydrogen) atoms. The van der Waals surface area contributed by atoms with Crippen molar-refractivity contribution in [2.24, 2.45) is 5.92 Å². The number of carbonyl (C=O) groups is 2. The largest absolute Gasteiger partial charge is 0.550 e. The Kier molecular flexibility index (Phi) is 5.44. The zero-order valence-corrected chi connectivity index (χ0v) is 10.6. The molecular formula is C11H21NO4. The van der Waals surface area contributed by atoms with E-state index in [1.165, 1.54) is 0 Å². The molecule has 0 heterocycles. The maximum atomic E-state index is 11.4. The number of quaternary nitrogens is 1. The van der Waals surface area contributed by atoms with Crippen LogP contribution in [0.5, 0.6) is 0 Å². The van der Waals surface area contributed by atoms with Crippen LogP contribution in [-0.4, -0.2) is 50.2 Å². The normalized spacial score (nSPS) is 13.6. The highest BCUT2D eigenvalue weighted by Gasteiger charge is 2.23. The lowest BCUT2D eigenvalue weighted by molar-refractivity contribution is -0.873. The molecule has 0 bridgehead atoms. The lowest BCUT2D eigenvalue weighted by Gasteiger charge is -2.29. The molecule has 5 nitrogen and oxygen atoms in total. The molecule has 0 aromatic rings. The van der Waals surface area contributed by atoms with Crippen molar-refractivity contribution >= 4 is 11.9 Å². The molecule has 0 radical (unpaired) electrons. The van der Waals surface area contributed by atoms with E-state index in [4.69, 9.17) is 4.74 Å². The average Bonchev–Trinajstić information content (AvgIpc) is 1.98. The van der Waals surface area contributed by atoms with Gasteiger partial charge >= 0.3 is 5.97 Å². The van der Waals surface area contributed by atoms with Gasteiger partial charge in [0.05, 0.1) is 27.1 Å². The first kappa shape index (κ1) is 14.9. The van der Waals surface area contributed by atoms with Crippen molar-refractivity contribution in [2.75, 3.05) is 27.7 Å². The maximum Gasteiger partial charge on any atom is 0.308 e. The highest BCUT2D eigenvalue weighted by atomic mass is 16.5. The molecular weight excluding hydrogens is 210 g/mol. The Balaban J connectivity index is 4.43. The van der Waals surface area contributed by atoms with Gasteiger partial charge in [-0.2, -0.15) is 0 Å². The van der Waals surface area contributed by atoms with E-state index in [0.29, 0.717) is 11.0 Å². The molecule has 0 N–H and O–H groups in total. The average molecular weight is 231 g/mol. The third-order valence-corrected chi connectivity index (χ3v) is 1.90. The molecule has 0 aliphatic heterocycles. The molecule has 0 saturated heterocycles. The van der Waals surface area contributed by atoms with E-state index in [2.05, 4.69) is 0 Å². The van der Waals surface area contributed by atoms with Gasteiger partial charge in [-0.1, -0.05) is 13.8 Å². The van der Waals surface area contributed by atoms with Crippen molar-refractivity contribution in [3.05, 3.63) is 0 Å². The summed E-state index contributed by atoms with van der Waals surface area (Å²) < 4.78 is 5.65. The molecule has 0 spiro atoms. The van der Waals surface area contributed by atoms with E-state index in [1.54, 1.807) is 13.8 Å². The van der Waals surface area contributed by atoms with E-state index < -0.39 is 12.1 Å². The number of esters is 1. The second-order valence-electron chi connectivity index (χ2n) is 5.26. The summed E-state index contributed by atoms with van der Waals surface area (Å²) in [6.07, 6.45) is -0.881. The standard InChI is InChI=1S/C11H21NO4/c1-8(2)11(15)16-9(6-10(13)14)7-12(3,4)5/h8-9H,6-7H2,1-5H3/t9-/m1/s1. The number of aliphatic carboxylic acids is 1. The topological polar surface area (TPSA) is 66.4 Å². The highest BCUT2D eigenvalue weighted by molar-refractivity contribution is 5.72. The lowest BCUT2D eigenvalue weighted by Crippen LogP contribution is -2.45. The fourth-order valence-corrected chi connectivity index (χ4v) is 1.24. The van der Waals surface area contributed by atoms with Crippen LogP contribution in [0.3, 0.4) is 0 Å². The SMILES string of the molecule is CC(C)C(=O)O[C@H](CC(=O)[O-])C[N+](C)(C)C. The van der Waals surface area contributed by atoms with Crippen LogP contribution in [0.2, 0.25) is 0 Å². The Morgan fingerprint density at radius 3 is 2.06 bits per heavy atom. The van der Waals surface area contributed by atoms with Gasteiger partial charge in [0.15, 0.2) is 6.10 Å². The third-order valence-electron chi connectivity index (χ3n) is 1.90. The van der Waals surface area contributed by atoms with Gasteiger partial charge in [-0.3, -0.25) is 4.79 Å².